The number of aromatic nitrogens is 3. The summed E-state index contributed by atoms with van der Waals surface area (Å²) in [6, 6.07) is 6.22. The van der Waals surface area contributed by atoms with Gasteiger partial charge in [0.05, 0.1) is 36.1 Å². The van der Waals surface area contributed by atoms with Gasteiger partial charge in [0.2, 0.25) is 0 Å². The number of rotatable bonds is 7. The summed E-state index contributed by atoms with van der Waals surface area (Å²) in [5.41, 5.74) is 1.59. The first kappa shape index (κ1) is 18.8. The van der Waals surface area contributed by atoms with E-state index in [1.165, 1.54) is 31.6 Å². The Morgan fingerprint density at radius 2 is 2.19 bits per heavy atom. The van der Waals surface area contributed by atoms with Crippen LogP contribution in [0, 0.1) is 5.82 Å². The van der Waals surface area contributed by atoms with E-state index in [9.17, 15) is 9.18 Å². The summed E-state index contributed by atoms with van der Waals surface area (Å²) in [4.78, 5) is 16.0. The van der Waals surface area contributed by atoms with Crippen LogP contribution in [0.3, 0.4) is 0 Å². The summed E-state index contributed by atoms with van der Waals surface area (Å²) in [7, 11) is 3.21. The number of ether oxygens (including phenoxy) is 1. The summed E-state index contributed by atoms with van der Waals surface area (Å²) in [5, 5.41) is 11.5. The molecular formula is C19H22FN5O2. The summed E-state index contributed by atoms with van der Waals surface area (Å²) < 4.78 is 20.5. The van der Waals surface area contributed by atoms with Gasteiger partial charge in [0.15, 0.2) is 5.82 Å². The molecule has 1 atom stereocenters. The molecule has 2 N–H and O–H groups in total. The molecule has 0 radical (unpaired) electrons. The standard InChI is InChI=1S/C19H22FN5O2/c1-12(6-8-21-2)25-17-5-4-13(20)10-15(17)18(24-25)23-16-11-22-9-7-14(16)19(26)27-3/h4-5,7,9-12,21H,6,8H2,1-3H3,(H,23,24)/t12-/m0/s1. The minimum atomic E-state index is -0.489. The fourth-order valence-electron chi connectivity index (χ4n) is 2.93. The number of nitrogens with zero attached hydrogens (tertiary/aromatic N) is 3. The fraction of sp³-hybridized carbons (Fsp3) is 0.316. The molecule has 3 rings (SSSR count). The van der Waals surface area contributed by atoms with Crippen LogP contribution < -0.4 is 10.6 Å². The molecule has 0 aliphatic rings. The predicted molar refractivity (Wildman–Crippen MR) is 102 cm³/mol. The summed E-state index contributed by atoms with van der Waals surface area (Å²) in [6.07, 6.45) is 3.89. The van der Waals surface area contributed by atoms with Crippen LogP contribution in [0.25, 0.3) is 10.9 Å². The van der Waals surface area contributed by atoms with E-state index in [-0.39, 0.29) is 11.9 Å². The number of carbonyl (C=O) groups is 1. The van der Waals surface area contributed by atoms with Crippen molar-refractivity contribution in [3.63, 3.8) is 0 Å². The number of benzene rings is 1. The molecular weight excluding hydrogens is 349 g/mol. The van der Waals surface area contributed by atoms with E-state index in [1.807, 2.05) is 11.7 Å². The molecule has 2 heterocycles. The molecule has 0 spiro atoms. The lowest BCUT2D eigenvalue weighted by Crippen LogP contribution is -2.15. The van der Waals surface area contributed by atoms with Gasteiger partial charge < -0.3 is 15.4 Å². The number of hydrogen-bond acceptors (Lipinski definition) is 6. The van der Waals surface area contributed by atoms with Crippen molar-refractivity contribution in [2.24, 2.45) is 0 Å². The molecule has 8 heteroatoms. The van der Waals surface area contributed by atoms with Crippen molar-refractivity contribution in [2.45, 2.75) is 19.4 Å². The highest BCUT2D eigenvalue weighted by Gasteiger charge is 2.18. The molecule has 3 aromatic rings. The quantitative estimate of drug-likeness (QED) is 0.621. The summed E-state index contributed by atoms with van der Waals surface area (Å²) in [6.45, 7) is 2.89. The molecule has 1 aromatic carbocycles. The summed E-state index contributed by atoms with van der Waals surface area (Å²) in [5.74, 6) is -0.386. The number of halogens is 1. The number of fused-ring (bicyclic) bond motifs is 1. The Labute approximate surface area is 156 Å². The van der Waals surface area contributed by atoms with E-state index in [0.29, 0.717) is 22.5 Å². The average molecular weight is 371 g/mol. The second-order valence-corrected chi connectivity index (χ2v) is 6.23. The number of hydrogen-bond donors (Lipinski definition) is 2. The Morgan fingerprint density at radius 3 is 2.93 bits per heavy atom. The van der Waals surface area contributed by atoms with Crippen LogP contribution in [-0.2, 0) is 4.74 Å². The second-order valence-electron chi connectivity index (χ2n) is 6.23. The van der Waals surface area contributed by atoms with Crippen molar-refractivity contribution in [3.8, 4) is 0 Å². The number of methoxy groups -OCH3 is 1. The monoisotopic (exact) mass is 371 g/mol. The molecule has 0 aliphatic heterocycles. The van der Waals surface area contributed by atoms with Crippen molar-refractivity contribution in [3.05, 3.63) is 48.0 Å². The molecule has 0 bridgehead atoms. The van der Waals surface area contributed by atoms with Crippen molar-refractivity contribution in [1.29, 1.82) is 0 Å². The lowest BCUT2D eigenvalue weighted by molar-refractivity contribution is 0.0602. The molecule has 0 saturated heterocycles. The SMILES string of the molecule is CNCC[C@H](C)n1nc(Nc2cnccc2C(=O)OC)c2cc(F)ccc21. The molecule has 0 fully saturated rings. The fourth-order valence-corrected chi connectivity index (χ4v) is 2.93. The number of carbonyl (C=O) groups excluding carboxylic acids is 1. The first-order chi connectivity index (χ1) is 13.0. The Morgan fingerprint density at radius 1 is 1.37 bits per heavy atom. The van der Waals surface area contributed by atoms with E-state index >= 15 is 0 Å². The maximum Gasteiger partial charge on any atom is 0.340 e. The van der Waals surface area contributed by atoms with Crippen molar-refractivity contribution in [2.75, 3.05) is 26.0 Å². The van der Waals surface area contributed by atoms with E-state index in [0.717, 1.165) is 18.5 Å². The van der Waals surface area contributed by atoms with E-state index in [2.05, 4.69) is 27.6 Å². The second kappa shape index (κ2) is 8.13. The Balaban J connectivity index is 2.05. The topological polar surface area (TPSA) is 81.1 Å². The van der Waals surface area contributed by atoms with Crippen molar-refractivity contribution >= 4 is 28.4 Å². The van der Waals surface area contributed by atoms with Gasteiger partial charge in [-0.15, -0.1) is 0 Å². The van der Waals surface area contributed by atoms with Gasteiger partial charge in [-0.1, -0.05) is 0 Å². The van der Waals surface area contributed by atoms with Gasteiger partial charge in [-0.05, 0) is 51.2 Å². The normalized spacial score (nSPS) is 12.1. The van der Waals surface area contributed by atoms with Crippen LogP contribution in [0.2, 0.25) is 0 Å². The maximum absolute atomic E-state index is 13.9. The van der Waals surface area contributed by atoms with Gasteiger partial charge in [-0.2, -0.15) is 5.10 Å². The van der Waals surface area contributed by atoms with Crippen LogP contribution in [0.5, 0.6) is 0 Å². The summed E-state index contributed by atoms with van der Waals surface area (Å²) >= 11 is 0. The zero-order valence-electron chi connectivity index (χ0n) is 15.5. The molecule has 7 nitrogen and oxygen atoms in total. The van der Waals surface area contributed by atoms with E-state index in [1.54, 1.807) is 12.1 Å². The van der Waals surface area contributed by atoms with Crippen LogP contribution in [0.1, 0.15) is 29.7 Å². The van der Waals surface area contributed by atoms with Gasteiger partial charge in [0.1, 0.15) is 5.82 Å². The number of pyridine rings is 1. The maximum atomic E-state index is 13.9. The molecule has 0 aliphatic carbocycles. The molecule has 0 saturated carbocycles. The van der Waals surface area contributed by atoms with Crippen molar-refractivity contribution < 1.29 is 13.9 Å². The van der Waals surface area contributed by atoms with E-state index in [4.69, 9.17) is 4.74 Å². The highest BCUT2D eigenvalue weighted by atomic mass is 19.1. The van der Waals surface area contributed by atoms with Gasteiger partial charge in [0.25, 0.3) is 0 Å². The highest BCUT2D eigenvalue weighted by Crippen LogP contribution is 2.30. The molecule has 27 heavy (non-hydrogen) atoms. The van der Waals surface area contributed by atoms with E-state index < -0.39 is 5.97 Å². The smallest absolute Gasteiger partial charge is 0.340 e. The number of nitrogens with one attached hydrogen (secondary N) is 2. The van der Waals surface area contributed by atoms with Gasteiger partial charge in [0, 0.05) is 11.6 Å². The third-order valence-electron chi connectivity index (χ3n) is 4.38. The zero-order valence-corrected chi connectivity index (χ0v) is 15.5. The lowest BCUT2D eigenvalue weighted by atomic mass is 10.2. The Kier molecular flexibility index (Phi) is 5.66. The highest BCUT2D eigenvalue weighted by molar-refractivity contribution is 5.98. The third kappa shape index (κ3) is 3.90. The Bertz CT molecular complexity index is 956. The van der Waals surface area contributed by atoms with Crippen LogP contribution in [0.15, 0.2) is 36.7 Å². The largest absolute Gasteiger partial charge is 0.465 e. The predicted octanol–water partition coefficient (Wildman–Crippen LogP) is 3.27. The van der Waals surface area contributed by atoms with Gasteiger partial charge >= 0.3 is 5.97 Å². The zero-order chi connectivity index (χ0) is 19.4. The first-order valence-corrected chi connectivity index (χ1v) is 8.67. The van der Waals surface area contributed by atoms with Crippen LogP contribution in [0.4, 0.5) is 15.9 Å². The lowest BCUT2D eigenvalue weighted by Gasteiger charge is -2.13. The van der Waals surface area contributed by atoms with Gasteiger partial charge in [-0.25, -0.2) is 9.18 Å². The van der Waals surface area contributed by atoms with Crippen LogP contribution in [-0.4, -0.2) is 41.4 Å². The minimum Gasteiger partial charge on any atom is -0.465 e. The molecule has 0 amide bonds. The number of anilines is 2. The average Bonchev–Trinajstić information content (AvgIpc) is 3.03. The molecule has 142 valence electrons. The minimum absolute atomic E-state index is 0.106. The van der Waals surface area contributed by atoms with Crippen molar-refractivity contribution in [1.82, 2.24) is 20.1 Å². The number of esters is 1. The van der Waals surface area contributed by atoms with Gasteiger partial charge in [-0.3, -0.25) is 9.67 Å². The van der Waals surface area contributed by atoms with Crippen LogP contribution >= 0.6 is 0 Å². The molecule has 0 unspecified atom stereocenters. The third-order valence-corrected chi connectivity index (χ3v) is 4.38. The first-order valence-electron chi connectivity index (χ1n) is 8.67. The Hall–Kier alpha value is -3.00. The molecule has 2 aromatic heterocycles.